The van der Waals surface area contributed by atoms with E-state index < -0.39 is 56.9 Å². The number of halogens is 6. The van der Waals surface area contributed by atoms with E-state index in [0.29, 0.717) is 26.4 Å². The number of aryl methyl sites for hydroxylation is 1. The number of rotatable bonds is 7. The van der Waals surface area contributed by atoms with Crippen LogP contribution in [0.5, 0.6) is 0 Å². The summed E-state index contributed by atoms with van der Waals surface area (Å²) in [5, 5.41) is 11.7. The normalized spacial score (nSPS) is 14.1. The fraction of sp³-hybridized carbons (Fsp3) is 0.306. The number of benzene rings is 2. The number of alkyl halides is 5. The van der Waals surface area contributed by atoms with Crippen molar-refractivity contribution < 1.29 is 35.2 Å². The van der Waals surface area contributed by atoms with Gasteiger partial charge in [-0.2, -0.15) is 18.4 Å². The van der Waals surface area contributed by atoms with Crippen molar-refractivity contribution in [3.63, 3.8) is 0 Å². The zero-order valence-electron chi connectivity index (χ0n) is 29.2. The molecule has 4 heterocycles. The zero-order chi connectivity index (χ0) is 40.0. The number of nitriles is 1. The second kappa shape index (κ2) is 14.8. The van der Waals surface area contributed by atoms with Gasteiger partial charge in [-0.25, -0.2) is 26.9 Å². The summed E-state index contributed by atoms with van der Waals surface area (Å²) in [4.78, 5) is 38.0. The van der Waals surface area contributed by atoms with E-state index in [2.05, 4.69) is 21.8 Å². The maximum Gasteiger partial charge on any atom is 0.418 e. The average Bonchev–Trinajstić information content (AvgIpc) is 3.53. The van der Waals surface area contributed by atoms with Crippen LogP contribution >= 0.6 is 22.9 Å². The van der Waals surface area contributed by atoms with Gasteiger partial charge in [0.2, 0.25) is 10.0 Å². The minimum absolute atomic E-state index is 0.0134. The fourth-order valence-electron chi connectivity index (χ4n) is 6.43. The van der Waals surface area contributed by atoms with Gasteiger partial charge in [0, 0.05) is 66.4 Å². The number of anilines is 1. The lowest BCUT2D eigenvalue weighted by Gasteiger charge is -2.38. The molecule has 0 radical (unpaired) electrons. The first-order valence-electron chi connectivity index (χ1n) is 16.3. The third kappa shape index (κ3) is 8.42. The first-order chi connectivity index (χ1) is 25.8. The predicted octanol–water partition coefficient (Wildman–Crippen LogP) is 6.04. The minimum atomic E-state index is -4.93. The molecule has 1 saturated heterocycles. The van der Waals surface area contributed by atoms with E-state index in [1.165, 1.54) is 28.3 Å². The number of pyridine rings is 1. The molecule has 1 aliphatic rings. The number of carbonyl (C=O) groups is 1. The first-order valence-corrected chi connectivity index (χ1v) is 19.5. The quantitative estimate of drug-likeness (QED) is 0.154. The summed E-state index contributed by atoms with van der Waals surface area (Å²) in [6.07, 6.45) is -2.63. The van der Waals surface area contributed by atoms with Crippen molar-refractivity contribution in [3.05, 3.63) is 85.4 Å². The van der Waals surface area contributed by atoms with Gasteiger partial charge in [0.15, 0.2) is 0 Å². The summed E-state index contributed by atoms with van der Waals surface area (Å²) in [5.74, 6) is 2.10. The van der Waals surface area contributed by atoms with Crippen LogP contribution in [0, 0.1) is 30.1 Å². The number of nitrogens with one attached hydrogen (secondary N) is 1. The van der Waals surface area contributed by atoms with E-state index in [1.807, 2.05) is 4.72 Å². The van der Waals surface area contributed by atoms with Gasteiger partial charge in [-0.15, -0.1) is 11.3 Å². The molecular formula is C36H29ClF5N7O4S2. The van der Waals surface area contributed by atoms with E-state index >= 15 is 0 Å². The molecule has 6 rings (SSSR count). The molecule has 0 saturated carbocycles. The number of fused-ring (bicyclic) bond motifs is 2. The SMILES string of the molecule is Cc1nc2cc(C(F)(F)F)c(N3CCN(CC(C)(F)F)CC3)c(C#N)c2c(=O)n1CC#Cc1ccc(Cl)cc1-c1ccnc2c(C(=O)NS(C)(=O)=O)csc12. The molecule has 2 aromatic carbocycles. The summed E-state index contributed by atoms with van der Waals surface area (Å²) in [6, 6.07) is 9.07. The van der Waals surface area contributed by atoms with Crippen LogP contribution < -0.4 is 15.2 Å². The van der Waals surface area contributed by atoms with Crippen LogP contribution in [-0.4, -0.2) is 78.7 Å². The van der Waals surface area contributed by atoms with E-state index in [9.17, 15) is 45.2 Å². The predicted molar refractivity (Wildman–Crippen MR) is 199 cm³/mol. The number of carbonyl (C=O) groups excluding carboxylic acids is 1. The number of piperazine rings is 1. The molecule has 286 valence electrons. The molecule has 19 heteroatoms. The molecule has 55 heavy (non-hydrogen) atoms. The molecule has 3 aromatic heterocycles. The zero-order valence-corrected chi connectivity index (χ0v) is 31.6. The van der Waals surface area contributed by atoms with E-state index in [-0.39, 0.29) is 60.5 Å². The Morgan fingerprint density at radius 2 is 1.80 bits per heavy atom. The van der Waals surface area contributed by atoms with Crippen LogP contribution in [0.15, 0.2) is 46.7 Å². The summed E-state index contributed by atoms with van der Waals surface area (Å²) >= 11 is 7.52. The van der Waals surface area contributed by atoms with Crippen LogP contribution in [0.1, 0.15) is 39.8 Å². The van der Waals surface area contributed by atoms with Crippen molar-refractivity contribution in [1.82, 2.24) is 24.2 Å². The molecule has 1 fully saturated rings. The first kappa shape index (κ1) is 39.6. The third-order valence-corrected chi connectivity index (χ3v) is 10.5. The number of hydrogen-bond acceptors (Lipinski definition) is 10. The van der Waals surface area contributed by atoms with Crippen LogP contribution in [0.4, 0.5) is 27.6 Å². The van der Waals surface area contributed by atoms with Gasteiger partial charge in [0.25, 0.3) is 17.4 Å². The molecule has 0 spiro atoms. The highest BCUT2D eigenvalue weighted by molar-refractivity contribution is 7.89. The third-order valence-electron chi connectivity index (χ3n) is 8.73. The number of amides is 1. The Morgan fingerprint density at radius 3 is 2.44 bits per heavy atom. The van der Waals surface area contributed by atoms with Gasteiger partial charge >= 0.3 is 6.18 Å². The second-order valence-electron chi connectivity index (χ2n) is 12.9. The van der Waals surface area contributed by atoms with Gasteiger partial charge in [-0.3, -0.25) is 24.0 Å². The summed E-state index contributed by atoms with van der Waals surface area (Å²) < 4.78 is 97.7. The molecule has 0 unspecified atom stereocenters. The standard InChI is InChI=1S/C36H29ClF5N7O4S2/c1-20-45-28-16-27(36(40,41)42)31(48-13-11-47(12-14-48)19-35(2,38)39)25(17-43)29(28)34(51)49(20)10-4-5-21-6-7-22(37)15-24(21)23-8-9-44-30-26(18-54-32(23)30)33(50)46-55(3,52)53/h6-9,15-16,18H,10-14,19H2,1-3H3,(H,46,50). The van der Waals surface area contributed by atoms with E-state index in [0.717, 1.165) is 35.1 Å². The molecule has 1 amide bonds. The van der Waals surface area contributed by atoms with Crippen molar-refractivity contribution >= 4 is 65.7 Å². The lowest BCUT2D eigenvalue weighted by Crippen LogP contribution is -2.50. The molecule has 0 atom stereocenters. The fourth-order valence-corrected chi connectivity index (χ4v) is 8.09. The van der Waals surface area contributed by atoms with E-state index in [1.54, 1.807) is 30.3 Å². The average molecular weight is 818 g/mol. The van der Waals surface area contributed by atoms with Crippen molar-refractivity contribution in [3.8, 4) is 29.0 Å². The highest BCUT2D eigenvalue weighted by atomic mass is 35.5. The van der Waals surface area contributed by atoms with Crippen LogP contribution in [-0.2, 0) is 22.7 Å². The second-order valence-corrected chi connectivity index (χ2v) is 16.0. The molecular weight excluding hydrogens is 789 g/mol. The monoisotopic (exact) mass is 817 g/mol. The van der Waals surface area contributed by atoms with Crippen molar-refractivity contribution in [1.29, 1.82) is 5.26 Å². The van der Waals surface area contributed by atoms with Crippen LogP contribution in [0.3, 0.4) is 0 Å². The molecule has 0 bridgehead atoms. The van der Waals surface area contributed by atoms with Crippen molar-refractivity contribution in [2.75, 3.05) is 43.9 Å². The number of nitrogens with zero attached hydrogens (tertiary/aromatic N) is 6. The molecule has 11 nitrogen and oxygen atoms in total. The number of thiophene rings is 1. The topological polar surface area (TPSA) is 141 Å². The van der Waals surface area contributed by atoms with Gasteiger partial charge in [-0.1, -0.05) is 23.4 Å². The van der Waals surface area contributed by atoms with Crippen molar-refractivity contribution in [2.24, 2.45) is 0 Å². The molecule has 0 aliphatic carbocycles. The summed E-state index contributed by atoms with van der Waals surface area (Å²) in [7, 11) is -3.84. The Labute approximate surface area is 320 Å². The largest absolute Gasteiger partial charge is 0.418 e. The molecule has 1 N–H and O–H groups in total. The summed E-state index contributed by atoms with van der Waals surface area (Å²) in [5.41, 5.74) is -1.47. The highest BCUT2D eigenvalue weighted by Crippen LogP contribution is 2.42. The van der Waals surface area contributed by atoms with E-state index in [4.69, 9.17) is 11.6 Å². The van der Waals surface area contributed by atoms with Gasteiger partial charge < -0.3 is 4.90 Å². The summed E-state index contributed by atoms with van der Waals surface area (Å²) in [6.45, 7) is 1.17. The van der Waals surface area contributed by atoms with Crippen LogP contribution in [0.25, 0.3) is 32.2 Å². The van der Waals surface area contributed by atoms with Gasteiger partial charge in [0.05, 0.1) is 62.8 Å². The van der Waals surface area contributed by atoms with Crippen molar-refractivity contribution in [2.45, 2.75) is 32.5 Å². The highest BCUT2D eigenvalue weighted by Gasteiger charge is 2.39. The lowest BCUT2D eigenvalue weighted by molar-refractivity contribution is -0.137. The number of hydrogen-bond donors (Lipinski definition) is 1. The molecule has 5 aromatic rings. The lowest BCUT2D eigenvalue weighted by atomic mass is 9.99. The Morgan fingerprint density at radius 1 is 1.09 bits per heavy atom. The Bertz CT molecular complexity index is 2650. The van der Waals surface area contributed by atoms with Gasteiger partial charge in [0.1, 0.15) is 11.9 Å². The minimum Gasteiger partial charge on any atom is -0.367 e. The smallest absolute Gasteiger partial charge is 0.367 e. The Balaban J connectivity index is 1.39. The Kier molecular flexibility index (Phi) is 10.7. The maximum absolute atomic E-state index is 14.5. The van der Waals surface area contributed by atoms with Gasteiger partial charge in [-0.05, 0) is 37.3 Å². The maximum atomic E-state index is 14.5. The molecule has 1 aliphatic heterocycles. The van der Waals surface area contributed by atoms with Crippen LogP contribution in [0.2, 0.25) is 5.02 Å². The number of aromatic nitrogens is 3. The Hall–Kier alpha value is -5.14. The number of sulfonamides is 1.